The maximum atomic E-state index is 13.7. The summed E-state index contributed by atoms with van der Waals surface area (Å²) in [6.45, 7) is 0. The molecule has 1 aliphatic rings. The molecule has 0 amide bonds. The first-order valence-electron chi connectivity index (χ1n) is 7.96. The van der Waals surface area contributed by atoms with Crippen LogP contribution in [0.5, 0.6) is 0 Å². The molecule has 126 valence electrons. The number of hydrogen-bond donors (Lipinski definition) is 1. The molecule has 5 heteroatoms. The Bertz CT molecular complexity index is 971. The minimum absolute atomic E-state index is 0.217. The van der Waals surface area contributed by atoms with E-state index in [-0.39, 0.29) is 5.69 Å². The lowest BCUT2D eigenvalue weighted by atomic mass is 9.87. The van der Waals surface area contributed by atoms with Gasteiger partial charge in [-0.05, 0) is 41.7 Å². The van der Waals surface area contributed by atoms with E-state index in [1.165, 1.54) is 24.8 Å². The first-order valence-corrected chi connectivity index (χ1v) is 7.96. The number of aromatic amines is 1. The zero-order valence-electron chi connectivity index (χ0n) is 13.5. The number of aryl methyl sites for hydroxylation is 1. The molecule has 3 nitrogen and oxygen atoms in total. The van der Waals surface area contributed by atoms with Crippen molar-refractivity contribution in [2.75, 3.05) is 7.11 Å². The summed E-state index contributed by atoms with van der Waals surface area (Å²) in [4.78, 5) is 15.4. The minimum Gasteiger partial charge on any atom is -0.464 e. The van der Waals surface area contributed by atoms with Gasteiger partial charge in [0.05, 0.1) is 12.8 Å². The summed E-state index contributed by atoms with van der Waals surface area (Å²) in [7, 11) is 1.28. The Morgan fingerprint density at radius 3 is 2.52 bits per heavy atom. The number of halogens is 2. The van der Waals surface area contributed by atoms with Gasteiger partial charge in [0.15, 0.2) is 0 Å². The number of fused-ring (bicyclic) bond motifs is 3. The summed E-state index contributed by atoms with van der Waals surface area (Å²) >= 11 is 0. The second kappa shape index (κ2) is 5.84. The molecule has 0 radical (unpaired) electrons. The number of aromatic nitrogens is 1. The van der Waals surface area contributed by atoms with Crippen molar-refractivity contribution >= 4 is 5.97 Å². The van der Waals surface area contributed by atoms with Crippen molar-refractivity contribution in [3.8, 4) is 22.4 Å². The summed E-state index contributed by atoms with van der Waals surface area (Å²) in [5.74, 6) is -1.93. The largest absolute Gasteiger partial charge is 0.464 e. The molecule has 1 heterocycles. The number of carbonyl (C=O) groups is 1. The molecular weight excluding hydrogens is 324 g/mol. The van der Waals surface area contributed by atoms with E-state index in [4.69, 9.17) is 4.74 Å². The maximum absolute atomic E-state index is 13.7. The summed E-state index contributed by atoms with van der Waals surface area (Å²) in [6, 6.07) is 11.2. The molecule has 3 aromatic rings. The van der Waals surface area contributed by atoms with Crippen LogP contribution in [-0.2, 0) is 17.6 Å². The van der Waals surface area contributed by atoms with Crippen LogP contribution < -0.4 is 0 Å². The summed E-state index contributed by atoms with van der Waals surface area (Å²) in [5.41, 5.74) is 4.91. The van der Waals surface area contributed by atoms with Gasteiger partial charge < -0.3 is 9.72 Å². The second-order valence-electron chi connectivity index (χ2n) is 6.04. The van der Waals surface area contributed by atoms with Gasteiger partial charge in [-0.3, -0.25) is 0 Å². The van der Waals surface area contributed by atoms with Gasteiger partial charge in [-0.25, -0.2) is 13.6 Å². The fourth-order valence-electron chi connectivity index (χ4n) is 3.53. The number of ether oxygens (including phenoxy) is 1. The van der Waals surface area contributed by atoms with Crippen molar-refractivity contribution in [3.63, 3.8) is 0 Å². The molecule has 4 rings (SSSR count). The Morgan fingerprint density at radius 2 is 1.80 bits per heavy atom. The first-order chi connectivity index (χ1) is 12.1. The molecule has 0 bridgehead atoms. The van der Waals surface area contributed by atoms with E-state index in [1.54, 1.807) is 0 Å². The molecule has 0 fully saturated rings. The Morgan fingerprint density at radius 1 is 1.08 bits per heavy atom. The van der Waals surface area contributed by atoms with E-state index in [2.05, 4.69) is 4.98 Å². The van der Waals surface area contributed by atoms with Crippen LogP contribution in [0.1, 0.15) is 21.6 Å². The highest BCUT2D eigenvalue weighted by Gasteiger charge is 2.28. The number of hydrogen-bond acceptors (Lipinski definition) is 2. The van der Waals surface area contributed by atoms with E-state index >= 15 is 0 Å². The van der Waals surface area contributed by atoms with Crippen molar-refractivity contribution in [1.82, 2.24) is 4.98 Å². The van der Waals surface area contributed by atoms with Gasteiger partial charge in [0, 0.05) is 17.2 Å². The molecule has 25 heavy (non-hydrogen) atoms. The number of rotatable bonds is 2. The normalized spacial score (nSPS) is 12.4. The molecule has 1 aromatic heterocycles. The summed E-state index contributed by atoms with van der Waals surface area (Å²) in [6.07, 6.45) is 1.47. The fourth-order valence-corrected chi connectivity index (χ4v) is 3.53. The first kappa shape index (κ1) is 15.6. The number of nitrogens with one attached hydrogen (secondary N) is 1. The van der Waals surface area contributed by atoms with Crippen LogP contribution in [0.2, 0.25) is 0 Å². The quantitative estimate of drug-likeness (QED) is 0.698. The molecule has 1 aliphatic carbocycles. The third-order valence-electron chi connectivity index (χ3n) is 4.58. The van der Waals surface area contributed by atoms with Crippen molar-refractivity contribution in [1.29, 1.82) is 0 Å². The SMILES string of the molecule is COC(=O)c1[nH]c2c(c1-c1cc(F)cc(F)c1)CCc1ccccc1-2. The third kappa shape index (κ3) is 2.52. The van der Waals surface area contributed by atoms with Crippen molar-refractivity contribution < 1.29 is 18.3 Å². The average Bonchev–Trinajstić information content (AvgIpc) is 3.00. The van der Waals surface area contributed by atoms with Gasteiger partial charge in [0.25, 0.3) is 0 Å². The molecule has 1 N–H and O–H groups in total. The number of benzene rings is 2. The van der Waals surface area contributed by atoms with Crippen molar-refractivity contribution in [2.24, 2.45) is 0 Å². The van der Waals surface area contributed by atoms with Crippen LogP contribution in [0.4, 0.5) is 8.78 Å². The van der Waals surface area contributed by atoms with Gasteiger partial charge in [0.2, 0.25) is 0 Å². The van der Waals surface area contributed by atoms with Gasteiger partial charge in [-0.1, -0.05) is 24.3 Å². The topological polar surface area (TPSA) is 42.1 Å². The standard InChI is InChI=1S/C20H15F2NO2/c1-25-20(24)19-17(12-8-13(21)10-14(22)9-12)16-7-6-11-4-2-3-5-15(11)18(16)23-19/h2-5,8-10,23H,6-7H2,1H3. The number of H-pyrrole nitrogens is 1. The van der Waals surface area contributed by atoms with Gasteiger partial charge in [-0.15, -0.1) is 0 Å². The van der Waals surface area contributed by atoms with Crippen LogP contribution in [0.15, 0.2) is 42.5 Å². The lowest BCUT2D eigenvalue weighted by molar-refractivity contribution is 0.0596. The van der Waals surface area contributed by atoms with Crippen LogP contribution in [0.25, 0.3) is 22.4 Å². The highest BCUT2D eigenvalue weighted by Crippen LogP contribution is 2.41. The van der Waals surface area contributed by atoms with Crippen LogP contribution in [-0.4, -0.2) is 18.1 Å². The van der Waals surface area contributed by atoms with E-state index in [0.29, 0.717) is 17.5 Å². The lowest BCUT2D eigenvalue weighted by Gasteiger charge is -2.17. The molecule has 0 saturated heterocycles. The highest BCUT2D eigenvalue weighted by molar-refractivity contribution is 5.99. The highest BCUT2D eigenvalue weighted by atomic mass is 19.1. The average molecular weight is 339 g/mol. The summed E-state index contributed by atoms with van der Waals surface area (Å²) in [5, 5.41) is 0. The minimum atomic E-state index is -0.683. The predicted molar refractivity (Wildman–Crippen MR) is 90.3 cm³/mol. The zero-order chi connectivity index (χ0) is 17.6. The Labute approximate surface area is 143 Å². The third-order valence-corrected chi connectivity index (χ3v) is 4.58. The van der Waals surface area contributed by atoms with E-state index in [0.717, 1.165) is 29.3 Å². The Hall–Kier alpha value is -2.95. The molecule has 0 aliphatic heterocycles. The number of carbonyl (C=O) groups excluding carboxylic acids is 1. The molecular formula is C20H15F2NO2. The molecule has 0 atom stereocenters. The van der Waals surface area contributed by atoms with Gasteiger partial charge >= 0.3 is 5.97 Å². The Balaban J connectivity index is 2.01. The summed E-state index contributed by atoms with van der Waals surface area (Å²) < 4.78 is 32.3. The van der Waals surface area contributed by atoms with Crippen molar-refractivity contribution in [2.45, 2.75) is 12.8 Å². The molecule has 2 aromatic carbocycles. The van der Waals surface area contributed by atoms with E-state index in [1.807, 2.05) is 24.3 Å². The van der Waals surface area contributed by atoms with Crippen LogP contribution >= 0.6 is 0 Å². The molecule has 0 saturated carbocycles. The number of methoxy groups -OCH3 is 1. The smallest absolute Gasteiger partial charge is 0.355 e. The molecule has 0 spiro atoms. The van der Waals surface area contributed by atoms with E-state index in [9.17, 15) is 13.6 Å². The second-order valence-corrected chi connectivity index (χ2v) is 6.04. The Kier molecular flexibility index (Phi) is 3.64. The predicted octanol–water partition coefficient (Wildman–Crippen LogP) is 4.51. The number of esters is 1. The monoisotopic (exact) mass is 339 g/mol. The molecule has 0 unspecified atom stereocenters. The maximum Gasteiger partial charge on any atom is 0.355 e. The van der Waals surface area contributed by atoms with Crippen molar-refractivity contribution in [3.05, 3.63) is 70.9 Å². The van der Waals surface area contributed by atoms with E-state index < -0.39 is 17.6 Å². The van der Waals surface area contributed by atoms with Crippen LogP contribution in [0.3, 0.4) is 0 Å². The van der Waals surface area contributed by atoms with Gasteiger partial charge in [-0.2, -0.15) is 0 Å². The fraction of sp³-hybridized carbons (Fsp3) is 0.150. The van der Waals surface area contributed by atoms with Crippen LogP contribution in [0, 0.1) is 11.6 Å². The zero-order valence-corrected chi connectivity index (χ0v) is 13.5. The van der Waals surface area contributed by atoms with Gasteiger partial charge in [0.1, 0.15) is 17.3 Å². The lowest BCUT2D eigenvalue weighted by Crippen LogP contribution is -2.04.